The van der Waals surface area contributed by atoms with E-state index in [1.807, 2.05) is 50.2 Å². The van der Waals surface area contributed by atoms with Crippen LogP contribution in [0.4, 0.5) is 11.8 Å². The van der Waals surface area contributed by atoms with Crippen molar-refractivity contribution in [3.8, 4) is 11.1 Å². The second-order valence-corrected chi connectivity index (χ2v) is 9.25. The lowest BCUT2D eigenvalue weighted by Gasteiger charge is -2.34. The van der Waals surface area contributed by atoms with Crippen molar-refractivity contribution >= 4 is 40.2 Å². The number of carbonyl (C=O) groups is 1. The predicted molar refractivity (Wildman–Crippen MR) is 139 cm³/mol. The zero-order valence-corrected chi connectivity index (χ0v) is 20.9. The zero-order valence-electron chi connectivity index (χ0n) is 20.2. The van der Waals surface area contributed by atoms with E-state index in [0.29, 0.717) is 49.5 Å². The van der Waals surface area contributed by atoms with Gasteiger partial charge in [0, 0.05) is 48.7 Å². The van der Waals surface area contributed by atoms with E-state index in [1.165, 1.54) is 0 Å². The third-order valence-corrected chi connectivity index (χ3v) is 6.64. The van der Waals surface area contributed by atoms with E-state index in [2.05, 4.69) is 21.4 Å². The van der Waals surface area contributed by atoms with Gasteiger partial charge in [0.05, 0.1) is 11.2 Å². The summed E-state index contributed by atoms with van der Waals surface area (Å²) in [6, 6.07) is 13.8. The zero-order chi connectivity index (χ0) is 25.2. The summed E-state index contributed by atoms with van der Waals surface area (Å²) < 4.78 is 5.38. The fourth-order valence-corrected chi connectivity index (χ4v) is 4.74. The number of piperazine rings is 1. The van der Waals surface area contributed by atoms with E-state index in [1.54, 1.807) is 4.90 Å². The third-order valence-electron chi connectivity index (χ3n) is 6.41. The van der Waals surface area contributed by atoms with E-state index in [-0.39, 0.29) is 5.91 Å². The van der Waals surface area contributed by atoms with Gasteiger partial charge in [-0.05, 0) is 49.2 Å². The Morgan fingerprint density at radius 3 is 2.61 bits per heavy atom. The maximum absolute atomic E-state index is 11.9. The van der Waals surface area contributed by atoms with Crippen LogP contribution in [-0.2, 0) is 11.3 Å². The number of fused-ring (bicyclic) bond motifs is 1. The van der Waals surface area contributed by atoms with E-state index < -0.39 is 6.61 Å². The Morgan fingerprint density at radius 1 is 1.11 bits per heavy atom. The largest absolute Gasteiger partial charge is 0.387 e. The summed E-state index contributed by atoms with van der Waals surface area (Å²) in [6.45, 7) is 6.09. The molecule has 1 saturated heterocycles. The lowest BCUT2D eigenvalue weighted by atomic mass is 10.0. The summed E-state index contributed by atoms with van der Waals surface area (Å²) in [5.74, 6) is 1.80. The number of hydrogen-bond acceptors (Lipinski definition) is 8. The van der Waals surface area contributed by atoms with Crippen molar-refractivity contribution in [1.82, 2.24) is 20.0 Å². The number of carbonyl (C=O) groups excluding carboxylic acids is 1. The quantitative estimate of drug-likeness (QED) is 0.406. The van der Waals surface area contributed by atoms with Gasteiger partial charge < -0.3 is 24.7 Å². The number of halogens is 1. The summed E-state index contributed by atoms with van der Waals surface area (Å²) >= 11 is 6.18. The number of aliphatic hydroxyl groups excluding tert-OH is 1. The number of rotatable bonds is 6. The first-order valence-corrected chi connectivity index (χ1v) is 12.2. The minimum atomic E-state index is -0.475. The first-order valence-electron chi connectivity index (χ1n) is 11.8. The standard InChI is InChI=1S/C26H27ClN6O3/c1-16-24(17(2)36-31-16)19-6-7-22-21(13-19)25(28-14-18-4-3-5-20(27)12-18)30-26(29-22)33-10-8-32(9-11-33)23(35)15-34/h3-7,12-13,34H,8-11,14-15H2,1-2H3,(H,28,29,30). The predicted octanol–water partition coefficient (Wildman–Crippen LogP) is 3.81. The average molecular weight is 507 g/mol. The van der Waals surface area contributed by atoms with E-state index in [4.69, 9.17) is 31.2 Å². The van der Waals surface area contributed by atoms with Crippen LogP contribution in [0.3, 0.4) is 0 Å². The molecule has 0 bridgehead atoms. The molecule has 36 heavy (non-hydrogen) atoms. The molecule has 0 unspecified atom stereocenters. The van der Waals surface area contributed by atoms with Gasteiger partial charge in [0.15, 0.2) is 0 Å². The van der Waals surface area contributed by atoms with Crippen LogP contribution >= 0.6 is 11.6 Å². The minimum Gasteiger partial charge on any atom is -0.387 e. The van der Waals surface area contributed by atoms with Crippen LogP contribution in [0.2, 0.25) is 5.02 Å². The molecule has 4 aromatic rings. The number of nitrogens with zero attached hydrogens (tertiary/aromatic N) is 5. The van der Waals surface area contributed by atoms with Crippen molar-refractivity contribution in [2.75, 3.05) is 43.0 Å². The molecule has 2 aromatic heterocycles. The molecule has 186 valence electrons. The number of aromatic nitrogens is 3. The lowest BCUT2D eigenvalue weighted by Crippen LogP contribution is -2.50. The Bertz CT molecular complexity index is 1390. The van der Waals surface area contributed by atoms with Crippen LogP contribution in [0.25, 0.3) is 22.0 Å². The molecule has 1 aliphatic rings. The number of anilines is 2. The molecule has 5 rings (SSSR count). The number of nitrogens with one attached hydrogen (secondary N) is 1. The van der Waals surface area contributed by atoms with Gasteiger partial charge in [0.2, 0.25) is 11.9 Å². The Balaban J connectivity index is 1.51. The summed E-state index contributed by atoms with van der Waals surface area (Å²) in [4.78, 5) is 25.3. The van der Waals surface area contributed by atoms with Gasteiger partial charge in [-0.2, -0.15) is 4.98 Å². The molecular weight excluding hydrogens is 480 g/mol. The first-order chi connectivity index (χ1) is 17.4. The molecular formula is C26H27ClN6O3. The average Bonchev–Trinajstić information content (AvgIpc) is 3.24. The Labute approximate surface area is 213 Å². The van der Waals surface area contributed by atoms with Crippen LogP contribution in [-0.4, -0.2) is 63.8 Å². The molecule has 0 saturated carbocycles. The van der Waals surface area contributed by atoms with Crippen LogP contribution in [0, 0.1) is 13.8 Å². The number of amides is 1. The minimum absolute atomic E-state index is 0.259. The summed E-state index contributed by atoms with van der Waals surface area (Å²) in [5.41, 5.74) is 4.61. The fourth-order valence-electron chi connectivity index (χ4n) is 4.53. The molecule has 2 aromatic carbocycles. The SMILES string of the molecule is Cc1noc(C)c1-c1ccc2nc(N3CCN(C(=O)CO)CC3)nc(NCc3cccc(Cl)c3)c2c1. The van der Waals surface area contributed by atoms with Gasteiger partial charge >= 0.3 is 0 Å². The smallest absolute Gasteiger partial charge is 0.248 e. The number of aryl methyl sites for hydroxylation is 2. The molecule has 0 radical (unpaired) electrons. The summed E-state index contributed by atoms with van der Waals surface area (Å²) in [5, 5.41) is 18.3. The highest BCUT2D eigenvalue weighted by molar-refractivity contribution is 6.30. The summed E-state index contributed by atoms with van der Waals surface area (Å²) in [7, 11) is 0. The molecule has 10 heteroatoms. The maximum Gasteiger partial charge on any atom is 0.248 e. The molecule has 0 spiro atoms. The second kappa shape index (κ2) is 10.1. The highest BCUT2D eigenvalue weighted by Gasteiger charge is 2.23. The second-order valence-electron chi connectivity index (χ2n) is 8.81. The van der Waals surface area contributed by atoms with Gasteiger partial charge in [-0.1, -0.05) is 35.0 Å². The Hall–Kier alpha value is -3.69. The highest BCUT2D eigenvalue weighted by atomic mass is 35.5. The lowest BCUT2D eigenvalue weighted by molar-refractivity contribution is -0.134. The molecule has 1 fully saturated rings. The molecule has 0 atom stereocenters. The maximum atomic E-state index is 11.9. The molecule has 1 amide bonds. The number of aliphatic hydroxyl groups is 1. The van der Waals surface area contributed by atoms with Gasteiger partial charge in [-0.3, -0.25) is 4.79 Å². The van der Waals surface area contributed by atoms with E-state index in [9.17, 15) is 4.79 Å². The fraction of sp³-hybridized carbons (Fsp3) is 0.308. The topological polar surface area (TPSA) is 108 Å². The van der Waals surface area contributed by atoms with Crippen LogP contribution in [0.5, 0.6) is 0 Å². The van der Waals surface area contributed by atoms with Crippen LogP contribution in [0.15, 0.2) is 47.0 Å². The van der Waals surface area contributed by atoms with Gasteiger partial charge in [0.25, 0.3) is 0 Å². The van der Waals surface area contributed by atoms with Crippen molar-refractivity contribution in [3.63, 3.8) is 0 Å². The molecule has 2 N–H and O–H groups in total. The van der Waals surface area contributed by atoms with Crippen LogP contribution in [0.1, 0.15) is 17.0 Å². The van der Waals surface area contributed by atoms with Crippen molar-refractivity contribution < 1.29 is 14.4 Å². The van der Waals surface area contributed by atoms with Crippen LogP contribution < -0.4 is 10.2 Å². The molecule has 9 nitrogen and oxygen atoms in total. The molecule has 0 aliphatic carbocycles. The summed E-state index contributed by atoms with van der Waals surface area (Å²) in [6.07, 6.45) is 0. The van der Waals surface area contributed by atoms with Gasteiger partial charge in [-0.15, -0.1) is 0 Å². The van der Waals surface area contributed by atoms with Crippen molar-refractivity contribution in [3.05, 3.63) is 64.5 Å². The highest BCUT2D eigenvalue weighted by Crippen LogP contribution is 2.32. The first kappa shape index (κ1) is 24.0. The third kappa shape index (κ3) is 4.84. The van der Waals surface area contributed by atoms with Gasteiger partial charge in [-0.25, -0.2) is 4.98 Å². The Morgan fingerprint density at radius 2 is 1.92 bits per heavy atom. The number of benzene rings is 2. The monoisotopic (exact) mass is 506 g/mol. The van der Waals surface area contributed by atoms with Crippen molar-refractivity contribution in [1.29, 1.82) is 0 Å². The molecule has 1 aliphatic heterocycles. The molecule has 3 heterocycles. The van der Waals surface area contributed by atoms with E-state index in [0.717, 1.165) is 39.0 Å². The van der Waals surface area contributed by atoms with E-state index >= 15 is 0 Å². The van der Waals surface area contributed by atoms with Crippen molar-refractivity contribution in [2.24, 2.45) is 0 Å². The van der Waals surface area contributed by atoms with Gasteiger partial charge in [0.1, 0.15) is 18.2 Å². The number of hydrogen-bond donors (Lipinski definition) is 2. The Kier molecular flexibility index (Phi) is 6.75. The van der Waals surface area contributed by atoms with Crippen molar-refractivity contribution in [2.45, 2.75) is 20.4 Å². The normalized spacial score (nSPS) is 13.9.